The van der Waals surface area contributed by atoms with E-state index in [1.807, 2.05) is 12.1 Å². The van der Waals surface area contributed by atoms with E-state index in [1.165, 1.54) is 37.7 Å². The lowest BCUT2D eigenvalue weighted by atomic mass is 9.78. The Balaban J connectivity index is 2.05. The maximum atomic E-state index is 5.92. The molecule has 0 aromatic heterocycles. The Kier molecular flexibility index (Phi) is 4.54. The highest BCUT2D eigenvalue weighted by Gasteiger charge is 2.38. The summed E-state index contributed by atoms with van der Waals surface area (Å²) in [4.78, 5) is 0.601. The Bertz CT molecular complexity index is 352. The Morgan fingerprint density at radius 3 is 2.35 bits per heavy atom. The van der Waals surface area contributed by atoms with Gasteiger partial charge in [-0.05, 0) is 48.8 Å². The molecule has 0 saturated heterocycles. The minimum atomic E-state index is 0.527. The van der Waals surface area contributed by atoms with E-state index >= 15 is 0 Å². The van der Waals surface area contributed by atoms with E-state index in [0.29, 0.717) is 10.2 Å². The fourth-order valence-electron chi connectivity index (χ4n) is 3.01. The van der Waals surface area contributed by atoms with Crippen LogP contribution in [0, 0.1) is 5.41 Å². The molecular formula is C15H20BrCl. The van der Waals surface area contributed by atoms with Gasteiger partial charge in [0.15, 0.2) is 0 Å². The monoisotopic (exact) mass is 314 g/mol. The Morgan fingerprint density at radius 2 is 1.82 bits per heavy atom. The summed E-state index contributed by atoms with van der Waals surface area (Å²) in [6.07, 6.45) is 7.97. The quantitative estimate of drug-likeness (QED) is 0.633. The number of halogens is 2. The minimum Gasteiger partial charge on any atom is -0.0881 e. The van der Waals surface area contributed by atoms with Crippen LogP contribution in [0.15, 0.2) is 24.3 Å². The van der Waals surface area contributed by atoms with Gasteiger partial charge in [0.05, 0.1) is 0 Å². The second-order valence-electron chi connectivity index (χ2n) is 5.22. The van der Waals surface area contributed by atoms with Crippen molar-refractivity contribution in [1.82, 2.24) is 0 Å². The predicted molar refractivity (Wildman–Crippen MR) is 79.1 cm³/mol. The molecule has 1 fully saturated rings. The van der Waals surface area contributed by atoms with Crippen LogP contribution in [0.2, 0.25) is 5.02 Å². The predicted octanol–water partition coefficient (Wildman–Crippen LogP) is 5.62. The molecule has 1 unspecified atom stereocenters. The molecule has 0 amide bonds. The summed E-state index contributed by atoms with van der Waals surface area (Å²) in [5.41, 5.74) is 1.91. The van der Waals surface area contributed by atoms with Crippen LogP contribution >= 0.6 is 27.5 Å². The topological polar surface area (TPSA) is 0 Å². The molecule has 1 aromatic carbocycles. The van der Waals surface area contributed by atoms with Gasteiger partial charge in [0.1, 0.15) is 0 Å². The molecule has 0 N–H and O–H groups in total. The first-order valence-corrected chi connectivity index (χ1v) is 7.84. The van der Waals surface area contributed by atoms with Gasteiger partial charge in [-0.1, -0.05) is 59.4 Å². The van der Waals surface area contributed by atoms with Gasteiger partial charge in [-0.15, -0.1) is 0 Å². The van der Waals surface area contributed by atoms with Gasteiger partial charge < -0.3 is 0 Å². The van der Waals surface area contributed by atoms with Crippen molar-refractivity contribution in [3.05, 3.63) is 34.9 Å². The summed E-state index contributed by atoms with van der Waals surface area (Å²) < 4.78 is 0. The van der Waals surface area contributed by atoms with E-state index in [4.69, 9.17) is 11.6 Å². The van der Waals surface area contributed by atoms with Crippen molar-refractivity contribution < 1.29 is 0 Å². The maximum absolute atomic E-state index is 5.92. The lowest BCUT2D eigenvalue weighted by molar-refractivity contribution is 0.275. The standard InChI is InChI=1S/C15H20BrCl/c1-2-15(9-3-4-10-15)14(16)11-12-5-7-13(17)8-6-12/h5-8,14H,2-4,9-11H2,1H3. The van der Waals surface area contributed by atoms with Crippen LogP contribution in [0.1, 0.15) is 44.6 Å². The van der Waals surface area contributed by atoms with Crippen LogP contribution in [0.25, 0.3) is 0 Å². The maximum Gasteiger partial charge on any atom is 0.0406 e. The summed E-state index contributed by atoms with van der Waals surface area (Å²) in [7, 11) is 0. The van der Waals surface area contributed by atoms with Crippen molar-refractivity contribution in [3.8, 4) is 0 Å². The fourth-order valence-corrected chi connectivity index (χ4v) is 4.29. The zero-order valence-corrected chi connectivity index (χ0v) is 12.7. The lowest BCUT2D eigenvalue weighted by Gasteiger charge is -2.33. The summed E-state index contributed by atoms with van der Waals surface area (Å²) in [5.74, 6) is 0. The first-order chi connectivity index (χ1) is 8.16. The molecule has 0 spiro atoms. The highest BCUT2D eigenvalue weighted by Crippen LogP contribution is 2.47. The second kappa shape index (κ2) is 5.75. The van der Waals surface area contributed by atoms with E-state index in [9.17, 15) is 0 Å². The van der Waals surface area contributed by atoms with Crippen LogP contribution in [-0.2, 0) is 6.42 Å². The van der Waals surface area contributed by atoms with Gasteiger partial charge in [0.2, 0.25) is 0 Å². The SMILES string of the molecule is CCC1(C(Br)Cc2ccc(Cl)cc2)CCCC1. The van der Waals surface area contributed by atoms with Gasteiger partial charge in [-0.2, -0.15) is 0 Å². The molecule has 2 heteroatoms. The molecule has 0 radical (unpaired) electrons. The third-order valence-corrected chi connectivity index (χ3v) is 5.84. The molecule has 1 saturated carbocycles. The van der Waals surface area contributed by atoms with E-state index < -0.39 is 0 Å². The van der Waals surface area contributed by atoms with Gasteiger partial charge in [0, 0.05) is 9.85 Å². The van der Waals surface area contributed by atoms with Crippen LogP contribution < -0.4 is 0 Å². The van der Waals surface area contributed by atoms with Crippen LogP contribution in [-0.4, -0.2) is 4.83 Å². The van der Waals surface area contributed by atoms with Crippen molar-refractivity contribution in [2.45, 2.75) is 50.3 Å². The minimum absolute atomic E-state index is 0.527. The number of hydrogen-bond donors (Lipinski definition) is 0. The Labute approximate surface area is 118 Å². The molecule has 1 atom stereocenters. The van der Waals surface area contributed by atoms with Crippen molar-refractivity contribution in [2.24, 2.45) is 5.41 Å². The molecule has 0 nitrogen and oxygen atoms in total. The average Bonchev–Trinajstić information content (AvgIpc) is 2.82. The first kappa shape index (κ1) is 13.4. The molecule has 17 heavy (non-hydrogen) atoms. The van der Waals surface area contributed by atoms with Crippen LogP contribution in [0.3, 0.4) is 0 Å². The molecule has 94 valence electrons. The fraction of sp³-hybridized carbons (Fsp3) is 0.600. The van der Waals surface area contributed by atoms with Crippen molar-refractivity contribution in [1.29, 1.82) is 0 Å². The van der Waals surface area contributed by atoms with Crippen molar-refractivity contribution >= 4 is 27.5 Å². The molecule has 0 aliphatic heterocycles. The summed E-state index contributed by atoms with van der Waals surface area (Å²) >= 11 is 9.86. The molecule has 0 bridgehead atoms. The molecule has 2 rings (SSSR count). The highest BCUT2D eigenvalue weighted by atomic mass is 79.9. The molecule has 1 aliphatic rings. The molecule has 1 aliphatic carbocycles. The van der Waals surface area contributed by atoms with Gasteiger partial charge >= 0.3 is 0 Å². The zero-order valence-electron chi connectivity index (χ0n) is 10.4. The largest absolute Gasteiger partial charge is 0.0881 e. The van der Waals surface area contributed by atoms with Crippen LogP contribution in [0.5, 0.6) is 0 Å². The highest BCUT2D eigenvalue weighted by molar-refractivity contribution is 9.09. The smallest absolute Gasteiger partial charge is 0.0406 e. The number of rotatable bonds is 4. The third kappa shape index (κ3) is 3.06. The Morgan fingerprint density at radius 1 is 1.24 bits per heavy atom. The summed E-state index contributed by atoms with van der Waals surface area (Å²) in [6, 6.07) is 8.28. The molecular weight excluding hydrogens is 296 g/mol. The molecule has 0 heterocycles. The zero-order chi connectivity index (χ0) is 12.3. The summed E-state index contributed by atoms with van der Waals surface area (Å²) in [5, 5.41) is 0.825. The normalized spacial score (nSPS) is 20.4. The number of hydrogen-bond acceptors (Lipinski definition) is 0. The number of benzene rings is 1. The van der Waals surface area contributed by atoms with Crippen molar-refractivity contribution in [3.63, 3.8) is 0 Å². The Hall–Kier alpha value is -0.0100. The van der Waals surface area contributed by atoms with Crippen molar-refractivity contribution in [2.75, 3.05) is 0 Å². The average molecular weight is 316 g/mol. The van der Waals surface area contributed by atoms with E-state index in [1.54, 1.807) is 0 Å². The van der Waals surface area contributed by atoms with Gasteiger partial charge in [-0.25, -0.2) is 0 Å². The second-order valence-corrected chi connectivity index (χ2v) is 6.76. The van der Waals surface area contributed by atoms with E-state index in [2.05, 4.69) is 35.0 Å². The van der Waals surface area contributed by atoms with E-state index in [-0.39, 0.29) is 0 Å². The first-order valence-electron chi connectivity index (χ1n) is 6.55. The van der Waals surface area contributed by atoms with Gasteiger partial charge in [0.25, 0.3) is 0 Å². The third-order valence-electron chi connectivity index (χ3n) is 4.30. The molecule has 1 aromatic rings. The lowest BCUT2D eigenvalue weighted by Crippen LogP contribution is -2.29. The van der Waals surface area contributed by atoms with Crippen LogP contribution in [0.4, 0.5) is 0 Å². The van der Waals surface area contributed by atoms with Gasteiger partial charge in [-0.3, -0.25) is 0 Å². The van der Waals surface area contributed by atoms with E-state index in [0.717, 1.165) is 11.4 Å². The number of alkyl halides is 1. The summed E-state index contributed by atoms with van der Waals surface area (Å²) in [6.45, 7) is 2.33.